The normalized spacial score (nSPS) is 13.2. The second kappa shape index (κ2) is 27.4. The van der Waals surface area contributed by atoms with E-state index < -0.39 is 0 Å². The lowest BCUT2D eigenvalue weighted by Crippen LogP contribution is -2.60. The van der Waals surface area contributed by atoms with E-state index in [4.69, 9.17) is 14.2 Å². The van der Waals surface area contributed by atoms with E-state index in [9.17, 15) is 0 Å². The number of aromatic nitrogens is 3. The maximum atomic E-state index is 6.45. The van der Waals surface area contributed by atoms with Gasteiger partial charge >= 0.3 is 0 Å². The highest BCUT2D eigenvalue weighted by Gasteiger charge is 2.48. The lowest BCUT2D eigenvalue weighted by molar-refractivity contribution is 0.431. The minimum absolute atomic E-state index is 0.0234. The summed E-state index contributed by atoms with van der Waals surface area (Å²) in [6.07, 6.45) is 0. The minimum Gasteiger partial charge on any atom is -0.458 e. The fraction of sp³-hybridized carbons (Fsp3) is 0.172. The second-order valence-electron chi connectivity index (χ2n) is 39.4. The highest BCUT2D eigenvalue weighted by Crippen LogP contribution is 2.52. The van der Waals surface area contributed by atoms with Crippen molar-refractivity contribution in [2.75, 3.05) is 0 Å². The summed E-state index contributed by atoms with van der Waals surface area (Å²) in [5.41, 5.74) is 33.1. The van der Waals surface area contributed by atoms with E-state index in [1.807, 2.05) is 36.4 Å². The van der Waals surface area contributed by atoms with E-state index >= 15 is 0 Å². The molecule has 0 N–H and O–H groups in total. The molecule has 0 atom stereocenters. The van der Waals surface area contributed by atoms with Crippen molar-refractivity contribution in [3.05, 3.63) is 349 Å². The molecule has 0 radical (unpaired) electrons. The molecular weight excluding hydrogens is 1490 g/mol. The van der Waals surface area contributed by atoms with Gasteiger partial charge in [-0.05, 0) is 190 Å². The Morgan fingerprint density at radius 1 is 0.203 bits per heavy atom. The van der Waals surface area contributed by atoms with Crippen LogP contribution in [0.4, 0.5) is 0 Å². The Hall–Kier alpha value is -13.6. The van der Waals surface area contributed by atoms with Crippen LogP contribution in [0.3, 0.4) is 0 Å². The van der Waals surface area contributed by atoms with Crippen LogP contribution in [0, 0.1) is 0 Å². The van der Waals surface area contributed by atoms with Gasteiger partial charge in [0, 0.05) is 81.0 Å². The third-order valence-corrected chi connectivity index (χ3v) is 26.6. The van der Waals surface area contributed by atoms with Crippen molar-refractivity contribution in [2.24, 2.45) is 0 Å². The molecule has 1 aliphatic carbocycles. The van der Waals surface area contributed by atoms with E-state index in [0.717, 1.165) is 50.9 Å². The molecule has 9 heterocycles. The predicted octanol–water partition coefficient (Wildman–Crippen LogP) is 30.2. The van der Waals surface area contributed by atoms with Gasteiger partial charge in [0.1, 0.15) is 34.5 Å². The number of nitrogens with zero attached hydrogens (tertiary/aromatic N) is 3. The number of benzene rings is 16. The first-order chi connectivity index (χ1) is 59.2. The summed E-state index contributed by atoms with van der Waals surface area (Å²) in [5.74, 6) is 5.31. The van der Waals surface area contributed by atoms with Gasteiger partial charge < -0.3 is 27.4 Å². The lowest BCUT2D eigenvalue weighted by atomic mass is 9.33. The summed E-state index contributed by atoms with van der Waals surface area (Å²) in [7, 11) is 0. The summed E-state index contributed by atoms with van der Waals surface area (Å²) >= 11 is 0. The SMILES string of the molecule is CC(C)(C)c1cc2c3ccccc3n3c4ccccc4c(c1)c23.CC(C)(C)c1ccc2c(c1)-c1ccccc1-c1ccccc1-c1ccccc1-2.CC(C)(C)c1ccc2c(c1)c1cccc3c4ccccc4n2c31.CC(C)(C)c1ccc2c3c1Oc1cccc4c1B3c1c(cccc1O2)O4.CC(C)(C)c1ccc2c3ccccc3n3c4ccccc4c1c23. The first-order valence-electron chi connectivity index (χ1n) is 43.7. The molecule has 7 heteroatoms. The standard InChI is InChI=1S/C28H24.C22H17BO3.3C22H19N/c1-28(2,3)19-16-17-26-24-14-7-6-12-22(24)20-10-4-5-11-21(20)23-13-8-9-15-25(23)27(26)18-19;1-22(2,3)12-10-11-17-20-21(12)26-16-9-5-8-15-19(16)23(20)18-13(24-15)6-4-7-14(18)25-17;1-22(2,3)14-12-17-15-8-4-6-10-19(15)23-20-11-7-5-9-16(20)18(13-14)21(17)23;1-22(2,3)17-13-12-15-14-8-4-6-10-18(14)23-19-11-7-5-9-16(19)20(17)21(15)23;1-22(2,3)14-11-12-20-18(13-14)17-9-6-8-16-15-7-4-5-10-19(15)23(20)21(16)17/h4-18H,1-3H3;4-11H,1-3H3;3*4-13H,1-3H3. The molecule has 0 saturated carbocycles. The van der Waals surface area contributed by atoms with Crippen molar-refractivity contribution in [3.8, 4) is 79.0 Å². The van der Waals surface area contributed by atoms with Gasteiger partial charge in [0.05, 0.1) is 49.7 Å². The van der Waals surface area contributed by atoms with Crippen molar-refractivity contribution >= 4 is 137 Å². The van der Waals surface area contributed by atoms with Crippen molar-refractivity contribution in [3.63, 3.8) is 0 Å². The van der Waals surface area contributed by atoms with Crippen LogP contribution in [0.25, 0.3) is 159 Å². The highest BCUT2D eigenvalue weighted by molar-refractivity contribution is 6.99. The Balaban J connectivity index is 0.0000000918. The summed E-state index contributed by atoms with van der Waals surface area (Å²) < 4.78 is 26.2. The summed E-state index contributed by atoms with van der Waals surface area (Å²) in [5, 5.41) is 16.4. The van der Waals surface area contributed by atoms with Gasteiger partial charge in [-0.1, -0.05) is 334 Å². The van der Waals surface area contributed by atoms with Crippen LogP contribution in [0.1, 0.15) is 132 Å². The molecule has 123 heavy (non-hydrogen) atoms. The van der Waals surface area contributed by atoms with Crippen molar-refractivity contribution in [2.45, 2.75) is 131 Å². The van der Waals surface area contributed by atoms with E-state index in [2.05, 4.69) is 402 Å². The molecule has 6 aromatic heterocycles. The van der Waals surface area contributed by atoms with Crippen LogP contribution in [0.15, 0.2) is 322 Å². The molecular formula is C116H98BN3O3. The zero-order valence-electron chi connectivity index (χ0n) is 72.7. The Bertz CT molecular complexity index is 7940. The molecule has 6 nitrogen and oxygen atoms in total. The smallest absolute Gasteiger partial charge is 0.270 e. The van der Waals surface area contributed by atoms with E-state index in [1.165, 1.54) is 187 Å². The van der Waals surface area contributed by atoms with Crippen LogP contribution >= 0.6 is 0 Å². The third kappa shape index (κ3) is 11.8. The number of fused-ring (bicyclic) bond motifs is 26. The van der Waals surface area contributed by atoms with E-state index in [-0.39, 0.29) is 33.8 Å². The highest BCUT2D eigenvalue weighted by atomic mass is 16.5. The van der Waals surface area contributed by atoms with Crippen molar-refractivity contribution < 1.29 is 14.2 Å². The average molecular weight is 1590 g/mol. The van der Waals surface area contributed by atoms with Gasteiger partial charge in [-0.2, -0.15) is 0 Å². The lowest BCUT2D eigenvalue weighted by Gasteiger charge is -2.39. The Morgan fingerprint density at radius 3 is 0.984 bits per heavy atom. The third-order valence-electron chi connectivity index (χ3n) is 26.6. The van der Waals surface area contributed by atoms with Gasteiger partial charge in [-0.15, -0.1) is 0 Å². The summed E-state index contributed by atoms with van der Waals surface area (Å²) in [4.78, 5) is 0. The Labute approximate surface area is 719 Å². The topological polar surface area (TPSA) is 40.9 Å². The van der Waals surface area contributed by atoms with Crippen LogP contribution in [-0.2, 0) is 27.1 Å². The number of hydrogen-bond acceptors (Lipinski definition) is 3. The quantitative estimate of drug-likeness (QED) is 0.142. The van der Waals surface area contributed by atoms with E-state index in [0.29, 0.717) is 0 Å². The molecule has 0 bridgehead atoms. The van der Waals surface area contributed by atoms with Crippen LogP contribution < -0.4 is 30.6 Å². The Morgan fingerprint density at radius 2 is 0.520 bits per heavy atom. The minimum atomic E-state index is -0.0234. The molecule has 16 aromatic carbocycles. The molecule has 598 valence electrons. The molecule has 22 aromatic rings. The fourth-order valence-electron chi connectivity index (χ4n) is 20.6. The summed E-state index contributed by atoms with van der Waals surface area (Å²) in [6.45, 7) is 34.2. The monoisotopic (exact) mass is 1590 g/mol. The van der Waals surface area contributed by atoms with Gasteiger partial charge in [0.25, 0.3) is 6.71 Å². The van der Waals surface area contributed by atoms with Crippen LogP contribution in [-0.4, -0.2) is 19.9 Å². The van der Waals surface area contributed by atoms with Gasteiger partial charge in [0.2, 0.25) is 0 Å². The molecule has 0 amide bonds. The molecule has 4 aliphatic rings. The average Bonchev–Trinajstić information content (AvgIpc) is 1.49. The maximum Gasteiger partial charge on any atom is 0.270 e. The second-order valence-corrected chi connectivity index (χ2v) is 39.4. The number of rotatable bonds is 0. The Kier molecular flexibility index (Phi) is 16.9. The number of hydrogen-bond donors (Lipinski definition) is 0. The number of ether oxygens (including phenoxy) is 3. The van der Waals surface area contributed by atoms with Gasteiger partial charge in [-0.3, -0.25) is 0 Å². The zero-order valence-corrected chi connectivity index (χ0v) is 72.7. The van der Waals surface area contributed by atoms with Crippen LogP contribution in [0.5, 0.6) is 34.5 Å². The zero-order chi connectivity index (χ0) is 84.2. The first kappa shape index (κ1) is 75.6. The predicted molar refractivity (Wildman–Crippen MR) is 523 cm³/mol. The number of para-hydroxylation sites is 6. The van der Waals surface area contributed by atoms with Gasteiger partial charge in [0.15, 0.2) is 0 Å². The van der Waals surface area contributed by atoms with E-state index in [1.54, 1.807) is 0 Å². The molecule has 3 aliphatic heterocycles. The molecule has 26 rings (SSSR count). The molecule has 0 spiro atoms. The largest absolute Gasteiger partial charge is 0.458 e. The fourth-order valence-corrected chi connectivity index (χ4v) is 20.6. The van der Waals surface area contributed by atoms with Gasteiger partial charge in [-0.25, -0.2) is 0 Å². The van der Waals surface area contributed by atoms with Crippen molar-refractivity contribution in [1.29, 1.82) is 0 Å². The molecule has 0 fully saturated rings. The van der Waals surface area contributed by atoms with Crippen molar-refractivity contribution in [1.82, 2.24) is 13.2 Å². The maximum absolute atomic E-state index is 6.45. The molecule has 0 unspecified atom stereocenters. The van der Waals surface area contributed by atoms with Crippen LogP contribution in [0.2, 0.25) is 0 Å². The molecule has 0 saturated heterocycles. The first-order valence-corrected chi connectivity index (χ1v) is 43.7. The summed E-state index contributed by atoms with van der Waals surface area (Å²) in [6, 6.07) is 117.